The van der Waals surface area contributed by atoms with E-state index in [1.165, 1.54) is 12.2 Å². The number of carbonyl (C=O) groups excluding carboxylic acids is 1. The topological polar surface area (TPSA) is 138 Å². The molecule has 0 saturated carbocycles. The van der Waals surface area contributed by atoms with Crippen molar-refractivity contribution in [3.05, 3.63) is 12.2 Å². The number of allylic oxidation sites excluding steroid dienone is 1. The molecule has 0 rings (SSSR count). The van der Waals surface area contributed by atoms with Crippen molar-refractivity contribution in [3.63, 3.8) is 0 Å². The lowest BCUT2D eigenvalue weighted by molar-refractivity contribution is -0.146. The highest BCUT2D eigenvalue weighted by Gasteiger charge is 2.33. The molecule has 6 N–H and O–H groups in total. The van der Waals surface area contributed by atoms with Crippen LogP contribution in [0.25, 0.3) is 0 Å². The van der Waals surface area contributed by atoms with Gasteiger partial charge in [0, 0.05) is 6.42 Å². The first-order valence-corrected chi connectivity index (χ1v) is 5.07. The van der Waals surface area contributed by atoms with Crippen LogP contribution >= 0.6 is 0 Å². The van der Waals surface area contributed by atoms with E-state index in [2.05, 4.69) is 0 Å². The molecule has 0 aliphatic heterocycles. The zero-order chi connectivity index (χ0) is 13.4. The smallest absolute Gasteiger partial charge is 0.167 e. The summed E-state index contributed by atoms with van der Waals surface area (Å²) in [5.41, 5.74) is 0. The van der Waals surface area contributed by atoms with Gasteiger partial charge in [0.15, 0.2) is 5.78 Å². The van der Waals surface area contributed by atoms with E-state index in [1.54, 1.807) is 0 Å². The zero-order valence-electron chi connectivity index (χ0n) is 9.18. The van der Waals surface area contributed by atoms with Crippen LogP contribution in [0.15, 0.2) is 12.2 Å². The molecule has 0 fully saturated rings. The average molecular weight is 250 g/mol. The van der Waals surface area contributed by atoms with Crippen LogP contribution in [-0.4, -0.2) is 74.1 Å². The third kappa shape index (κ3) is 5.35. The third-order valence-corrected chi connectivity index (χ3v) is 2.18. The van der Waals surface area contributed by atoms with Gasteiger partial charge in [0.05, 0.1) is 13.2 Å². The lowest BCUT2D eigenvalue weighted by Gasteiger charge is -2.24. The number of rotatable bonds is 8. The van der Waals surface area contributed by atoms with E-state index < -0.39 is 36.8 Å². The van der Waals surface area contributed by atoms with Gasteiger partial charge in [-0.2, -0.15) is 0 Å². The second kappa shape index (κ2) is 8.29. The Labute approximate surface area is 98.3 Å². The van der Waals surface area contributed by atoms with E-state index >= 15 is 0 Å². The van der Waals surface area contributed by atoms with Crippen molar-refractivity contribution in [1.82, 2.24) is 0 Å². The summed E-state index contributed by atoms with van der Waals surface area (Å²) in [5, 5.41) is 53.9. The Bertz CT molecular complexity index is 253. The predicted octanol–water partition coefficient (Wildman–Crippen LogP) is -3.07. The minimum Gasteiger partial charge on any atom is -0.394 e. The maximum Gasteiger partial charge on any atom is 0.167 e. The summed E-state index contributed by atoms with van der Waals surface area (Å²) in [6, 6.07) is 0. The molecule has 0 aromatic carbocycles. The molecule has 0 heterocycles. The minimum absolute atomic E-state index is 0.222. The quantitative estimate of drug-likeness (QED) is 0.251. The summed E-state index contributed by atoms with van der Waals surface area (Å²) in [6.07, 6.45) is -4.84. The number of carbonyl (C=O) groups is 1. The largest absolute Gasteiger partial charge is 0.394 e. The Morgan fingerprint density at radius 3 is 2.06 bits per heavy atom. The van der Waals surface area contributed by atoms with Crippen molar-refractivity contribution in [1.29, 1.82) is 0 Å². The van der Waals surface area contributed by atoms with Gasteiger partial charge in [0.1, 0.15) is 24.4 Å². The normalized spacial score (nSPS) is 18.9. The monoisotopic (exact) mass is 250 g/mol. The Morgan fingerprint density at radius 1 is 1.00 bits per heavy atom. The summed E-state index contributed by atoms with van der Waals surface area (Å²) >= 11 is 0. The fourth-order valence-corrected chi connectivity index (χ4v) is 1.11. The Hall–Kier alpha value is -0.830. The molecule has 0 unspecified atom stereocenters. The van der Waals surface area contributed by atoms with Gasteiger partial charge in [-0.1, -0.05) is 12.2 Å². The summed E-state index contributed by atoms with van der Waals surface area (Å²) < 4.78 is 0. The lowest BCUT2D eigenvalue weighted by atomic mass is 9.99. The van der Waals surface area contributed by atoms with Gasteiger partial charge in [0.2, 0.25) is 0 Å². The molecular weight excluding hydrogens is 232 g/mol. The molecule has 0 aliphatic carbocycles. The molecule has 0 bridgehead atoms. The molecule has 0 aromatic heterocycles. The first-order chi connectivity index (χ1) is 7.95. The van der Waals surface area contributed by atoms with Crippen molar-refractivity contribution < 1.29 is 35.4 Å². The summed E-state index contributed by atoms with van der Waals surface area (Å²) in [4.78, 5) is 11.3. The van der Waals surface area contributed by atoms with Crippen molar-refractivity contribution in [2.45, 2.75) is 30.8 Å². The van der Waals surface area contributed by atoms with E-state index in [1.807, 2.05) is 0 Å². The predicted molar refractivity (Wildman–Crippen MR) is 57.0 cm³/mol. The van der Waals surface area contributed by atoms with E-state index in [0.717, 1.165) is 0 Å². The number of hydrogen-bond acceptors (Lipinski definition) is 7. The second-order valence-corrected chi connectivity index (χ2v) is 3.50. The van der Waals surface area contributed by atoms with Gasteiger partial charge in [-0.25, -0.2) is 0 Å². The average Bonchev–Trinajstić information content (AvgIpc) is 2.35. The highest BCUT2D eigenvalue weighted by atomic mass is 16.4. The molecule has 7 heteroatoms. The van der Waals surface area contributed by atoms with Crippen LogP contribution in [-0.2, 0) is 4.79 Å². The van der Waals surface area contributed by atoms with Crippen LogP contribution < -0.4 is 0 Å². The number of ketones is 1. The third-order valence-electron chi connectivity index (χ3n) is 2.18. The first-order valence-electron chi connectivity index (χ1n) is 5.07. The van der Waals surface area contributed by atoms with Crippen LogP contribution in [0.3, 0.4) is 0 Å². The van der Waals surface area contributed by atoms with Gasteiger partial charge in [-0.05, 0) is 0 Å². The number of Topliss-reactive ketones (excluding diaryl/α,β-unsaturated/α-hetero) is 1. The number of hydrogen-bond donors (Lipinski definition) is 6. The SMILES string of the molecule is O=C(CC=CCO)[C@H](O)[C@@H](O)[C@H](O)[C@H](O)CO. The first kappa shape index (κ1) is 16.2. The van der Waals surface area contributed by atoms with Crippen LogP contribution in [0.4, 0.5) is 0 Å². The zero-order valence-corrected chi connectivity index (χ0v) is 9.18. The molecular formula is C10H18O7. The summed E-state index contributed by atoms with van der Waals surface area (Å²) in [6.45, 7) is -1.05. The maximum absolute atomic E-state index is 11.3. The van der Waals surface area contributed by atoms with Gasteiger partial charge >= 0.3 is 0 Å². The van der Waals surface area contributed by atoms with Gasteiger partial charge in [0.25, 0.3) is 0 Å². The highest BCUT2D eigenvalue weighted by molar-refractivity contribution is 5.84. The van der Waals surface area contributed by atoms with Crippen molar-refractivity contribution in [2.75, 3.05) is 13.2 Å². The molecule has 7 nitrogen and oxygen atoms in total. The summed E-state index contributed by atoms with van der Waals surface area (Å²) in [7, 11) is 0. The van der Waals surface area contributed by atoms with Crippen LogP contribution in [0.5, 0.6) is 0 Å². The van der Waals surface area contributed by atoms with Crippen LogP contribution in [0, 0.1) is 0 Å². The molecule has 0 aromatic rings. The Balaban J connectivity index is 4.32. The highest BCUT2D eigenvalue weighted by Crippen LogP contribution is 2.07. The number of aliphatic hydroxyl groups is 6. The fourth-order valence-electron chi connectivity index (χ4n) is 1.11. The molecule has 0 aliphatic rings. The van der Waals surface area contributed by atoms with Gasteiger partial charge in [-0.3, -0.25) is 4.79 Å². The van der Waals surface area contributed by atoms with Crippen LogP contribution in [0.2, 0.25) is 0 Å². The van der Waals surface area contributed by atoms with Crippen molar-refractivity contribution in [2.24, 2.45) is 0 Å². The number of aliphatic hydroxyl groups excluding tert-OH is 6. The fraction of sp³-hybridized carbons (Fsp3) is 0.700. The van der Waals surface area contributed by atoms with Crippen LogP contribution in [0.1, 0.15) is 6.42 Å². The second-order valence-electron chi connectivity index (χ2n) is 3.50. The van der Waals surface area contributed by atoms with Gasteiger partial charge < -0.3 is 30.6 Å². The summed E-state index contributed by atoms with van der Waals surface area (Å²) in [5.74, 6) is -0.772. The Morgan fingerprint density at radius 2 is 1.59 bits per heavy atom. The Kier molecular flexibility index (Phi) is 7.88. The van der Waals surface area contributed by atoms with Crippen molar-refractivity contribution in [3.8, 4) is 0 Å². The molecule has 0 amide bonds. The standard InChI is InChI=1S/C10H18O7/c11-4-2-1-3-6(13)8(15)10(17)9(16)7(14)5-12/h1-2,7-12,14-17H,3-5H2/t7-,8+,9-,10-/m1/s1. The van der Waals surface area contributed by atoms with E-state index in [9.17, 15) is 20.1 Å². The molecule has 4 atom stereocenters. The van der Waals surface area contributed by atoms with Crippen molar-refractivity contribution >= 4 is 5.78 Å². The molecule has 0 radical (unpaired) electrons. The van der Waals surface area contributed by atoms with E-state index in [-0.39, 0.29) is 13.0 Å². The molecule has 0 spiro atoms. The minimum atomic E-state index is -1.88. The van der Waals surface area contributed by atoms with E-state index in [4.69, 9.17) is 15.3 Å². The van der Waals surface area contributed by atoms with E-state index in [0.29, 0.717) is 0 Å². The lowest BCUT2D eigenvalue weighted by Crippen LogP contribution is -2.48. The van der Waals surface area contributed by atoms with Gasteiger partial charge in [-0.15, -0.1) is 0 Å². The molecule has 0 saturated heterocycles. The molecule has 17 heavy (non-hydrogen) atoms. The maximum atomic E-state index is 11.3. The molecule has 100 valence electrons.